The first-order valence-electron chi connectivity index (χ1n) is 6.58. The average molecular weight is 248 g/mol. The van der Waals surface area contributed by atoms with Gasteiger partial charge in [-0.1, -0.05) is 84.1 Å². The molecule has 0 saturated heterocycles. The second-order valence-electron chi connectivity index (χ2n) is 7.67. The summed E-state index contributed by atoms with van der Waals surface area (Å²) in [6, 6.07) is 9.05. The highest BCUT2D eigenvalue weighted by Crippen LogP contribution is 2.37. The molecule has 0 spiro atoms. The second-order valence-corrected chi connectivity index (χ2v) is 13.0. The summed E-state index contributed by atoms with van der Waals surface area (Å²) in [4.78, 5) is 0. The third-order valence-electron chi connectivity index (χ3n) is 4.28. The van der Waals surface area contributed by atoms with E-state index in [0.29, 0.717) is 5.04 Å². The Morgan fingerprint density at radius 2 is 1.29 bits per heavy atom. The van der Waals surface area contributed by atoms with Gasteiger partial charge in [0.1, 0.15) is 0 Å². The van der Waals surface area contributed by atoms with Gasteiger partial charge in [-0.3, -0.25) is 0 Å². The van der Waals surface area contributed by atoms with Gasteiger partial charge in [-0.25, -0.2) is 0 Å². The highest BCUT2D eigenvalue weighted by molar-refractivity contribution is 6.92. The van der Waals surface area contributed by atoms with Crippen molar-refractivity contribution in [2.24, 2.45) is 0 Å². The first-order chi connectivity index (χ1) is 7.48. The molecule has 0 nitrogen and oxygen atoms in total. The Labute approximate surface area is 108 Å². The van der Waals surface area contributed by atoms with Crippen molar-refractivity contribution in [2.75, 3.05) is 0 Å². The van der Waals surface area contributed by atoms with E-state index in [-0.39, 0.29) is 5.41 Å². The lowest BCUT2D eigenvalue weighted by Crippen LogP contribution is -2.52. The normalized spacial score (nSPS) is 13.9. The maximum absolute atomic E-state index is 2.50. The van der Waals surface area contributed by atoms with Gasteiger partial charge in [-0.2, -0.15) is 0 Å². The van der Waals surface area contributed by atoms with Crippen molar-refractivity contribution < 1.29 is 0 Å². The molecule has 0 aliphatic heterocycles. The molecule has 0 unspecified atom stereocenters. The fraction of sp³-hybridized carbons (Fsp3) is 0.625. The molecule has 0 radical (unpaired) electrons. The van der Waals surface area contributed by atoms with Crippen LogP contribution in [0.5, 0.6) is 0 Å². The highest BCUT2D eigenvalue weighted by Gasteiger charge is 2.39. The van der Waals surface area contributed by atoms with Crippen molar-refractivity contribution in [2.45, 2.75) is 65.1 Å². The molecule has 0 atom stereocenters. The van der Waals surface area contributed by atoms with Crippen LogP contribution in [0.25, 0.3) is 0 Å². The highest BCUT2D eigenvalue weighted by atomic mass is 28.3. The lowest BCUT2D eigenvalue weighted by molar-refractivity contribution is 0.592. The van der Waals surface area contributed by atoms with Crippen LogP contribution in [-0.2, 0) is 5.41 Å². The zero-order chi connectivity index (χ0) is 13.5. The molecule has 0 aliphatic rings. The molecule has 0 amide bonds. The molecular weight excluding hydrogens is 220 g/mol. The lowest BCUT2D eigenvalue weighted by atomic mass is 9.87. The minimum Gasteiger partial charge on any atom is -0.0650 e. The van der Waals surface area contributed by atoms with E-state index in [0.717, 1.165) is 0 Å². The summed E-state index contributed by atoms with van der Waals surface area (Å²) >= 11 is 0. The van der Waals surface area contributed by atoms with E-state index >= 15 is 0 Å². The van der Waals surface area contributed by atoms with Crippen molar-refractivity contribution in [1.82, 2.24) is 0 Å². The summed E-state index contributed by atoms with van der Waals surface area (Å²) in [7, 11) is -1.44. The molecule has 0 saturated carbocycles. The zero-order valence-electron chi connectivity index (χ0n) is 12.8. The minimum atomic E-state index is -1.44. The topological polar surface area (TPSA) is 0 Å². The van der Waals surface area contributed by atoms with Crippen LogP contribution in [0.4, 0.5) is 0 Å². The van der Waals surface area contributed by atoms with Crippen molar-refractivity contribution >= 4 is 13.3 Å². The van der Waals surface area contributed by atoms with Gasteiger partial charge in [0, 0.05) is 0 Å². The molecule has 0 heterocycles. The fourth-order valence-corrected chi connectivity index (χ4v) is 4.54. The predicted octanol–water partition coefficient (Wildman–Crippen LogP) is 4.70. The molecular formula is C16H28Si. The third-order valence-corrected chi connectivity index (χ3v) is 9.82. The van der Waals surface area contributed by atoms with Crippen LogP contribution < -0.4 is 5.19 Å². The molecule has 0 aromatic heterocycles. The Morgan fingerprint density at radius 1 is 0.824 bits per heavy atom. The molecule has 0 bridgehead atoms. The van der Waals surface area contributed by atoms with Crippen LogP contribution in [0.1, 0.15) is 47.1 Å². The average Bonchev–Trinajstić information content (AvgIpc) is 2.14. The number of benzene rings is 1. The van der Waals surface area contributed by atoms with Crippen molar-refractivity contribution in [3.05, 3.63) is 29.8 Å². The molecule has 1 aromatic rings. The van der Waals surface area contributed by atoms with Gasteiger partial charge in [0.25, 0.3) is 0 Å². The Kier molecular flexibility index (Phi) is 3.64. The monoisotopic (exact) mass is 248 g/mol. The van der Waals surface area contributed by atoms with E-state index in [1.54, 1.807) is 5.19 Å². The van der Waals surface area contributed by atoms with E-state index in [1.807, 2.05) is 0 Å². The maximum atomic E-state index is 2.50. The molecule has 0 fully saturated rings. The molecule has 1 heteroatoms. The molecule has 96 valence electrons. The predicted molar refractivity (Wildman–Crippen MR) is 82.0 cm³/mol. The van der Waals surface area contributed by atoms with Gasteiger partial charge in [-0.15, -0.1) is 0 Å². The first kappa shape index (κ1) is 14.5. The van der Waals surface area contributed by atoms with Crippen LogP contribution in [0.3, 0.4) is 0 Å². The number of rotatable bonds is 1. The van der Waals surface area contributed by atoms with E-state index in [1.165, 1.54) is 5.56 Å². The summed E-state index contributed by atoms with van der Waals surface area (Å²) in [5, 5.41) is 2.02. The smallest absolute Gasteiger partial charge is 0.0650 e. The Bertz CT molecular complexity index is 389. The van der Waals surface area contributed by atoms with E-state index in [9.17, 15) is 0 Å². The molecule has 0 aliphatic carbocycles. The Hall–Kier alpha value is -0.563. The summed E-state index contributed by atoms with van der Waals surface area (Å²) < 4.78 is 0. The zero-order valence-corrected chi connectivity index (χ0v) is 13.8. The first-order valence-corrected chi connectivity index (χ1v) is 9.58. The quantitative estimate of drug-likeness (QED) is 0.632. The largest absolute Gasteiger partial charge is 0.0863 e. The third kappa shape index (κ3) is 2.82. The van der Waals surface area contributed by atoms with Crippen molar-refractivity contribution in [3.8, 4) is 0 Å². The Morgan fingerprint density at radius 3 is 1.71 bits per heavy atom. The van der Waals surface area contributed by atoms with Gasteiger partial charge in [0.15, 0.2) is 0 Å². The summed E-state index contributed by atoms with van der Waals surface area (Å²) in [6.07, 6.45) is 0. The minimum absolute atomic E-state index is 0.242. The van der Waals surface area contributed by atoms with Gasteiger partial charge < -0.3 is 0 Å². The van der Waals surface area contributed by atoms with Crippen molar-refractivity contribution in [3.63, 3.8) is 0 Å². The van der Waals surface area contributed by atoms with Crippen molar-refractivity contribution in [1.29, 1.82) is 0 Å². The standard InChI is InChI=1S/C16H28Si/c1-15(2,3)13-11-9-10-12-14(13)17(7,8)16(4,5)6/h9-12H,1-8H3. The lowest BCUT2D eigenvalue weighted by Gasteiger charge is -2.40. The van der Waals surface area contributed by atoms with Gasteiger partial charge >= 0.3 is 0 Å². The molecule has 1 rings (SSSR count). The van der Waals surface area contributed by atoms with Crippen LogP contribution in [0, 0.1) is 0 Å². The number of hydrogen-bond donors (Lipinski definition) is 0. The van der Waals surface area contributed by atoms with Crippen LogP contribution in [0.2, 0.25) is 18.1 Å². The second kappa shape index (κ2) is 4.27. The van der Waals surface area contributed by atoms with E-state index in [2.05, 4.69) is 78.9 Å². The molecule has 0 N–H and O–H groups in total. The van der Waals surface area contributed by atoms with Crippen LogP contribution in [0.15, 0.2) is 24.3 Å². The summed E-state index contributed by atoms with van der Waals surface area (Å²) in [5.41, 5.74) is 1.78. The van der Waals surface area contributed by atoms with E-state index in [4.69, 9.17) is 0 Å². The van der Waals surface area contributed by atoms with Crippen LogP contribution >= 0.6 is 0 Å². The Balaban J connectivity index is 3.43. The van der Waals surface area contributed by atoms with Gasteiger partial charge in [0.2, 0.25) is 0 Å². The summed E-state index contributed by atoms with van der Waals surface area (Å²) in [5.74, 6) is 0. The van der Waals surface area contributed by atoms with Crippen LogP contribution in [-0.4, -0.2) is 8.07 Å². The molecule has 17 heavy (non-hydrogen) atoms. The summed E-state index contributed by atoms with van der Waals surface area (Å²) in [6.45, 7) is 19.1. The maximum Gasteiger partial charge on any atom is 0.0863 e. The van der Waals surface area contributed by atoms with Gasteiger partial charge in [-0.05, 0) is 16.0 Å². The van der Waals surface area contributed by atoms with E-state index < -0.39 is 8.07 Å². The molecule has 1 aromatic carbocycles. The fourth-order valence-electron chi connectivity index (χ4n) is 2.09. The number of hydrogen-bond acceptors (Lipinski definition) is 0. The SMILES string of the molecule is CC(C)(C)c1ccccc1[Si](C)(C)C(C)(C)C. The van der Waals surface area contributed by atoms with Gasteiger partial charge in [0.05, 0.1) is 8.07 Å².